The van der Waals surface area contributed by atoms with Gasteiger partial charge in [0.05, 0.1) is 5.02 Å². The molecule has 0 spiro atoms. The molecule has 9 aromatic rings. The third-order valence-corrected chi connectivity index (χ3v) is 15.9. The summed E-state index contributed by atoms with van der Waals surface area (Å²) in [6.07, 6.45) is 0. The van der Waals surface area contributed by atoms with Gasteiger partial charge in [0.2, 0.25) is 0 Å². The Hall–Kier alpha value is -4.15. The predicted molar refractivity (Wildman–Crippen MR) is 255 cm³/mol. The Bertz CT molecular complexity index is 2650. The fourth-order valence-corrected chi connectivity index (χ4v) is 13.0. The summed E-state index contributed by atoms with van der Waals surface area (Å²) in [5.74, 6) is 0.653. The maximum atomic E-state index is 7.59. The minimum atomic E-state index is -1.00. The van der Waals surface area contributed by atoms with Crippen LogP contribution in [0.15, 0.2) is 212 Å². The molecule has 9 rings (SSSR count). The molecule has 0 fully saturated rings. The molecule has 0 aliphatic heterocycles. The summed E-state index contributed by atoms with van der Waals surface area (Å²) in [5, 5.41) is 13.4. The minimum absolute atomic E-state index is 0. The predicted octanol–water partition coefficient (Wildman–Crippen LogP) is 6.95. The quantitative estimate of drug-likeness (QED) is 0.114. The van der Waals surface area contributed by atoms with Crippen molar-refractivity contribution in [3.63, 3.8) is 0 Å². The smallest absolute Gasteiger partial charge is 1.00 e. The summed E-state index contributed by atoms with van der Waals surface area (Å²) in [7, 11) is -1.91. The third kappa shape index (κ3) is 10.3. The van der Waals surface area contributed by atoms with E-state index in [9.17, 15) is 0 Å². The maximum Gasteiger partial charge on any atom is 2.00 e. The van der Waals surface area contributed by atoms with E-state index in [1.54, 1.807) is 0 Å². The van der Waals surface area contributed by atoms with Crippen molar-refractivity contribution >= 4 is 80.8 Å². The van der Waals surface area contributed by atoms with Gasteiger partial charge in [-0.05, 0) is 93.9 Å². The summed E-state index contributed by atoms with van der Waals surface area (Å²) in [4.78, 5) is 0. The second-order valence-electron chi connectivity index (χ2n) is 14.6. The SMILES string of the molecule is Cc1ccc(C(C)C)cc1.Clc1cc2ccccc2c(-c2c(P(c3ccccc3)c3ccccc3)ccc3ccccc23)c1P(c1ccccc1)c1ccccc1.[Cl-].[Cl-].[Ru+2]. The molecule has 0 amide bonds. The third-order valence-electron chi connectivity index (χ3n) is 10.4. The molecule has 0 atom stereocenters. The van der Waals surface area contributed by atoms with Crippen molar-refractivity contribution in [1.29, 1.82) is 0 Å². The van der Waals surface area contributed by atoms with Gasteiger partial charge in [0.15, 0.2) is 0 Å². The number of aryl methyl sites for hydroxylation is 1. The Morgan fingerprint density at radius 3 is 1.28 bits per heavy atom. The summed E-state index contributed by atoms with van der Waals surface area (Å²) < 4.78 is 0. The van der Waals surface area contributed by atoms with E-state index in [1.165, 1.54) is 70.2 Å². The maximum absolute atomic E-state index is 7.59. The largest absolute Gasteiger partial charge is 2.00 e. The van der Waals surface area contributed by atoms with Gasteiger partial charge < -0.3 is 24.8 Å². The molecule has 0 aliphatic carbocycles. The molecule has 0 bridgehead atoms. The van der Waals surface area contributed by atoms with Gasteiger partial charge in [-0.3, -0.25) is 0 Å². The van der Waals surface area contributed by atoms with Gasteiger partial charge in [-0.2, -0.15) is 0 Å². The van der Waals surface area contributed by atoms with Crippen molar-refractivity contribution in [2.45, 2.75) is 26.7 Å². The standard InChI is InChI=1S/C44H31ClP2.C10H14.2ClH.Ru/c45-40-31-33-18-14-16-28-39(33)43(44(40)47(36-23-9-3-10-24-36)37-25-11-4-12-26-37)42-38-27-15-13-17-32(38)29-30-41(42)46(34-19-5-1-6-20-34)35-21-7-2-8-22-35;1-8(2)10-6-4-9(3)5-7-10;;;/h1-31H;4-8H,1-3H3;2*1H;/q;;;;+2/p-2. The number of fused-ring (bicyclic) bond motifs is 2. The number of hydrogen-bond donors (Lipinski definition) is 0. The molecule has 0 saturated carbocycles. The van der Waals surface area contributed by atoms with Crippen molar-refractivity contribution in [2.75, 3.05) is 0 Å². The van der Waals surface area contributed by atoms with Crippen LogP contribution in [0.2, 0.25) is 5.02 Å². The van der Waals surface area contributed by atoms with Gasteiger partial charge in [-0.25, -0.2) is 0 Å². The van der Waals surface area contributed by atoms with E-state index in [-0.39, 0.29) is 44.3 Å². The first-order chi connectivity index (χ1) is 28.0. The van der Waals surface area contributed by atoms with E-state index in [0.29, 0.717) is 5.92 Å². The number of hydrogen-bond acceptors (Lipinski definition) is 0. The van der Waals surface area contributed by atoms with E-state index in [0.717, 1.165) is 10.4 Å². The van der Waals surface area contributed by atoms with Gasteiger partial charge >= 0.3 is 19.5 Å². The first-order valence-corrected chi connectivity index (χ1v) is 22.6. The van der Waals surface area contributed by atoms with E-state index in [4.69, 9.17) is 11.6 Å². The second-order valence-corrected chi connectivity index (χ2v) is 19.3. The number of benzene rings is 9. The van der Waals surface area contributed by atoms with E-state index < -0.39 is 15.8 Å². The summed E-state index contributed by atoms with van der Waals surface area (Å²) >= 11 is 7.59. The molecule has 6 heteroatoms. The molecule has 0 aliphatic rings. The number of halogens is 3. The van der Waals surface area contributed by atoms with Crippen molar-refractivity contribution in [2.24, 2.45) is 0 Å². The van der Waals surface area contributed by atoms with Crippen LogP contribution in [0, 0.1) is 6.92 Å². The van der Waals surface area contributed by atoms with Crippen molar-refractivity contribution in [3.8, 4) is 11.1 Å². The van der Waals surface area contributed by atoms with Gasteiger partial charge in [-0.15, -0.1) is 0 Å². The molecule has 0 heterocycles. The Morgan fingerprint density at radius 2 is 0.817 bits per heavy atom. The van der Waals surface area contributed by atoms with Crippen LogP contribution in [0.5, 0.6) is 0 Å². The van der Waals surface area contributed by atoms with Crippen molar-refractivity contribution in [3.05, 3.63) is 228 Å². The summed E-state index contributed by atoms with van der Waals surface area (Å²) in [5.41, 5.74) is 5.27. The van der Waals surface area contributed by atoms with Crippen LogP contribution < -0.4 is 56.6 Å². The Kier molecular flexibility index (Phi) is 17.3. The van der Waals surface area contributed by atoms with E-state index in [2.05, 4.69) is 233 Å². The Labute approximate surface area is 388 Å². The van der Waals surface area contributed by atoms with Crippen LogP contribution in [0.3, 0.4) is 0 Å². The molecular formula is C54H45Cl3P2Ru. The number of rotatable bonds is 8. The van der Waals surface area contributed by atoms with E-state index in [1.807, 2.05) is 0 Å². The van der Waals surface area contributed by atoms with Crippen LogP contribution >= 0.6 is 27.4 Å². The van der Waals surface area contributed by atoms with Crippen LogP contribution in [0.4, 0.5) is 0 Å². The van der Waals surface area contributed by atoms with Crippen molar-refractivity contribution < 1.29 is 44.3 Å². The Morgan fingerprint density at radius 1 is 0.417 bits per heavy atom. The molecular weight excluding hydrogens is 918 g/mol. The molecule has 0 aromatic heterocycles. The zero-order chi connectivity index (χ0) is 39.1. The zero-order valence-corrected chi connectivity index (χ0v) is 39.5. The fraction of sp³-hybridized carbons (Fsp3) is 0.0741. The molecule has 0 saturated heterocycles. The van der Waals surface area contributed by atoms with E-state index >= 15 is 0 Å². The van der Waals surface area contributed by atoms with Gasteiger partial charge in [0, 0.05) is 10.9 Å². The molecule has 0 nitrogen and oxygen atoms in total. The minimum Gasteiger partial charge on any atom is -1.00 e. The normalized spacial score (nSPS) is 10.7. The fourth-order valence-electron chi connectivity index (χ4n) is 7.58. The molecule has 9 aromatic carbocycles. The van der Waals surface area contributed by atoms with Crippen LogP contribution in [-0.2, 0) is 19.5 Å². The molecule has 0 N–H and O–H groups in total. The zero-order valence-electron chi connectivity index (χ0n) is 33.7. The second kappa shape index (κ2) is 22.1. The monoisotopic (exact) mass is 962 g/mol. The molecule has 300 valence electrons. The van der Waals surface area contributed by atoms with Crippen LogP contribution in [0.25, 0.3) is 32.7 Å². The molecule has 0 radical (unpaired) electrons. The average molecular weight is 963 g/mol. The first-order valence-electron chi connectivity index (χ1n) is 19.6. The van der Waals surface area contributed by atoms with Crippen LogP contribution in [0.1, 0.15) is 30.9 Å². The first kappa shape index (κ1) is 46.9. The molecule has 60 heavy (non-hydrogen) atoms. The summed E-state index contributed by atoms with van der Waals surface area (Å²) in [6, 6.07) is 77.1. The topological polar surface area (TPSA) is 0 Å². The van der Waals surface area contributed by atoms with Crippen molar-refractivity contribution in [1.82, 2.24) is 0 Å². The Balaban J connectivity index is 0.000000464. The average Bonchev–Trinajstić information content (AvgIpc) is 3.26. The van der Waals surface area contributed by atoms with Gasteiger partial charge in [0.1, 0.15) is 0 Å². The molecule has 0 unspecified atom stereocenters. The van der Waals surface area contributed by atoms with Gasteiger partial charge in [0.25, 0.3) is 0 Å². The van der Waals surface area contributed by atoms with Crippen LogP contribution in [-0.4, -0.2) is 0 Å². The van der Waals surface area contributed by atoms with Gasteiger partial charge in [-0.1, -0.05) is 237 Å². The summed E-state index contributed by atoms with van der Waals surface area (Å²) in [6.45, 7) is 6.54.